The van der Waals surface area contributed by atoms with Crippen molar-refractivity contribution in [2.45, 2.75) is 96.9 Å². The van der Waals surface area contributed by atoms with Crippen LogP contribution in [0.15, 0.2) is 11.6 Å². The summed E-state index contributed by atoms with van der Waals surface area (Å²) in [5.41, 5.74) is 1.39. The SMILES string of the molecule is CC(C)(O)COC1CCC2C3CC=C4CC(O)CCC4(C)C3CCC12C. The fourth-order valence-electron chi connectivity index (χ4n) is 7.17. The minimum atomic E-state index is -0.745. The maximum Gasteiger partial charge on any atom is 0.0824 e. The summed E-state index contributed by atoms with van der Waals surface area (Å²) in [6.07, 6.45) is 11.9. The van der Waals surface area contributed by atoms with E-state index in [0.717, 1.165) is 43.4 Å². The number of fused-ring (bicyclic) bond motifs is 5. The molecule has 4 rings (SSSR count). The van der Waals surface area contributed by atoms with Gasteiger partial charge in [0.05, 0.1) is 24.4 Å². The van der Waals surface area contributed by atoms with Crippen molar-refractivity contribution in [3.8, 4) is 0 Å². The molecule has 4 aliphatic carbocycles. The Bertz CT molecular complexity index is 576. The third-order valence-corrected chi connectivity index (χ3v) is 8.63. The van der Waals surface area contributed by atoms with E-state index < -0.39 is 5.60 Å². The molecule has 4 aliphatic rings. The van der Waals surface area contributed by atoms with Gasteiger partial charge >= 0.3 is 0 Å². The predicted octanol–water partition coefficient (Wildman–Crippen LogP) is 4.47. The highest BCUT2D eigenvalue weighted by atomic mass is 16.5. The van der Waals surface area contributed by atoms with E-state index in [9.17, 15) is 10.2 Å². The topological polar surface area (TPSA) is 49.7 Å². The fourth-order valence-corrected chi connectivity index (χ4v) is 7.17. The summed E-state index contributed by atoms with van der Waals surface area (Å²) in [6, 6.07) is 0. The molecular weight excluding hydrogens is 324 g/mol. The van der Waals surface area contributed by atoms with Crippen molar-refractivity contribution < 1.29 is 14.9 Å². The Morgan fingerprint density at radius 1 is 1.12 bits per heavy atom. The standard InChI is InChI=1S/C23H38O3/c1-21(2,25)14-26-20-8-7-18-17-6-5-15-13-16(24)9-11-22(15,3)19(17)10-12-23(18,20)4/h5,16-20,24-25H,6-14H2,1-4H3. The zero-order valence-electron chi connectivity index (χ0n) is 17.1. The van der Waals surface area contributed by atoms with Crippen LogP contribution in [0.25, 0.3) is 0 Å². The third-order valence-electron chi connectivity index (χ3n) is 8.63. The molecule has 3 nitrogen and oxygen atoms in total. The molecule has 3 saturated carbocycles. The molecule has 0 aliphatic heterocycles. The maximum atomic E-state index is 10.1. The predicted molar refractivity (Wildman–Crippen MR) is 104 cm³/mol. The first kappa shape index (κ1) is 19.0. The van der Waals surface area contributed by atoms with Gasteiger partial charge in [-0.05, 0) is 93.8 Å². The number of hydrogen-bond acceptors (Lipinski definition) is 3. The lowest BCUT2D eigenvalue weighted by Gasteiger charge is -2.57. The maximum absolute atomic E-state index is 10.1. The van der Waals surface area contributed by atoms with Crippen molar-refractivity contribution in [1.29, 1.82) is 0 Å². The van der Waals surface area contributed by atoms with Crippen molar-refractivity contribution in [3.63, 3.8) is 0 Å². The molecule has 0 amide bonds. The molecular formula is C23H38O3. The van der Waals surface area contributed by atoms with Gasteiger partial charge in [-0.15, -0.1) is 0 Å². The van der Waals surface area contributed by atoms with Gasteiger partial charge in [-0.25, -0.2) is 0 Å². The zero-order chi connectivity index (χ0) is 18.7. The van der Waals surface area contributed by atoms with Gasteiger partial charge in [0.25, 0.3) is 0 Å². The summed E-state index contributed by atoms with van der Waals surface area (Å²) in [5.74, 6) is 2.30. The van der Waals surface area contributed by atoms with Crippen LogP contribution in [-0.4, -0.2) is 34.6 Å². The lowest BCUT2D eigenvalue weighted by Crippen LogP contribution is -2.51. The van der Waals surface area contributed by atoms with Gasteiger partial charge in [0, 0.05) is 0 Å². The van der Waals surface area contributed by atoms with Crippen LogP contribution < -0.4 is 0 Å². The first-order chi connectivity index (χ1) is 12.1. The molecule has 0 aromatic carbocycles. The average Bonchev–Trinajstić information content (AvgIpc) is 2.89. The molecule has 0 saturated heterocycles. The summed E-state index contributed by atoms with van der Waals surface area (Å²) < 4.78 is 6.27. The van der Waals surface area contributed by atoms with E-state index in [2.05, 4.69) is 19.9 Å². The molecule has 2 N–H and O–H groups in total. The number of ether oxygens (including phenoxy) is 1. The van der Waals surface area contributed by atoms with Gasteiger partial charge in [-0.1, -0.05) is 25.5 Å². The molecule has 0 aromatic rings. The summed E-state index contributed by atoms with van der Waals surface area (Å²) in [5, 5.41) is 20.2. The van der Waals surface area contributed by atoms with E-state index >= 15 is 0 Å². The molecule has 0 radical (unpaired) electrons. The van der Waals surface area contributed by atoms with E-state index in [1.807, 2.05) is 13.8 Å². The number of aliphatic hydroxyl groups excluding tert-OH is 1. The molecule has 7 unspecified atom stereocenters. The Hall–Kier alpha value is -0.380. The largest absolute Gasteiger partial charge is 0.393 e. The summed E-state index contributed by atoms with van der Waals surface area (Å²) >= 11 is 0. The fraction of sp³-hybridized carbons (Fsp3) is 0.913. The molecule has 3 fully saturated rings. The van der Waals surface area contributed by atoms with E-state index in [1.54, 1.807) is 5.57 Å². The molecule has 0 bridgehead atoms. The van der Waals surface area contributed by atoms with Crippen molar-refractivity contribution in [2.24, 2.45) is 28.6 Å². The van der Waals surface area contributed by atoms with Crippen molar-refractivity contribution in [2.75, 3.05) is 6.61 Å². The van der Waals surface area contributed by atoms with Crippen LogP contribution in [0.1, 0.15) is 79.1 Å². The molecule has 26 heavy (non-hydrogen) atoms. The Labute approximate surface area is 159 Å². The van der Waals surface area contributed by atoms with Crippen molar-refractivity contribution in [1.82, 2.24) is 0 Å². The lowest BCUT2D eigenvalue weighted by atomic mass is 9.48. The molecule has 0 heterocycles. The van der Waals surface area contributed by atoms with Crippen LogP contribution in [0.4, 0.5) is 0 Å². The monoisotopic (exact) mass is 362 g/mol. The normalized spacial score (nSPS) is 48.4. The third kappa shape index (κ3) is 2.99. The molecule has 0 spiro atoms. The molecule has 7 atom stereocenters. The average molecular weight is 363 g/mol. The summed E-state index contributed by atoms with van der Waals surface area (Å²) in [4.78, 5) is 0. The Morgan fingerprint density at radius 2 is 1.88 bits per heavy atom. The van der Waals surface area contributed by atoms with Crippen molar-refractivity contribution in [3.05, 3.63) is 11.6 Å². The highest BCUT2D eigenvalue weighted by Gasteiger charge is 2.59. The van der Waals surface area contributed by atoms with Crippen LogP contribution >= 0.6 is 0 Å². The number of hydrogen-bond donors (Lipinski definition) is 2. The van der Waals surface area contributed by atoms with E-state index in [1.165, 1.54) is 25.7 Å². The summed E-state index contributed by atoms with van der Waals surface area (Å²) in [6.45, 7) is 9.06. The first-order valence-corrected chi connectivity index (χ1v) is 10.8. The van der Waals surface area contributed by atoms with Gasteiger partial charge in [0.2, 0.25) is 0 Å². The quantitative estimate of drug-likeness (QED) is 0.729. The highest BCUT2D eigenvalue weighted by Crippen LogP contribution is 2.65. The van der Waals surface area contributed by atoms with E-state index in [-0.39, 0.29) is 11.5 Å². The van der Waals surface area contributed by atoms with Crippen LogP contribution in [0.2, 0.25) is 0 Å². The van der Waals surface area contributed by atoms with Crippen LogP contribution in [0, 0.1) is 28.6 Å². The summed E-state index contributed by atoms with van der Waals surface area (Å²) in [7, 11) is 0. The van der Waals surface area contributed by atoms with Crippen LogP contribution in [0.3, 0.4) is 0 Å². The highest BCUT2D eigenvalue weighted by molar-refractivity contribution is 5.25. The van der Waals surface area contributed by atoms with E-state index in [0.29, 0.717) is 18.1 Å². The Kier molecular flexibility index (Phi) is 4.61. The molecule has 148 valence electrons. The Morgan fingerprint density at radius 3 is 2.62 bits per heavy atom. The van der Waals surface area contributed by atoms with Crippen LogP contribution in [0.5, 0.6) is 0 Å². The van der Waals surface area contributed by atoms with E-state index in [4.69, 9.17) is 4.74 Å². The van der Waals surface area contributed by atoms with Gasteiger partial charge < -0.3 is 14.9 Å². The second-order valence-corrected chi connectivity index (χ2v) is 10.9. The number of rotatable bonds is 3. The minimum absolute atomic E-state index is 0.120. The zero-order valence-corrected chi connectivity index (χ0v) is 17.1. The van der Waals surface area contributed by atoms with Gasteiger partial charge in [0.1, 0.15) is 0 Å². The van der Waals surface area contributed by atoms with Crippen LogP contribution in [-0.2, 0) is 4.74 Å². The minimum Gasteiger partial charge on any atom is -0.393 e. The van der Waals surface area contributed by atoms with Gasteiger partial charge in [-0.2, -0.15) is 0 Å². The first-order valence-electron chi connectivity index (χ1n) is 10.8. The van der Waals surface area contributed by atoms with Crippen molar-refractivity contribution >= 4 is 0 Å². The molecule has 3 heteroatoms. The second kappa shape index (κ2) is 6.32. The second-order valence-electron chi connectivity index (χ2n) is 10.9. The lowest BCUT2D eigenvalue weighted by molar-refractivity contribution is -0.120. The Balaban J connectivity index is 1.54. The van der Waals surface area contributed by atoms with Gasteiger partial charge in [0.15, 0.2) is 0 Å². The smallest absolute Gasteiger partial charge is 0.0824 e. The molecule has 0 aromatic heterocycles. The van der Waals surface area contributed by atoms with Gasteiger partial charge in [-0.3, -0.25) is 0 Å². The number of aliphatic hydroxyl groups is 2. The number of allylic oxidation sites excluding steroid dienone is 1.